The average molecular weight is 622 g/mol. The predicted octanol–water partition coefficient (Wildman–Crippen LogP) is 5.14. The molecule has 4 rings (SSSR count). The van der Waals surface area contributed by atoms with Crippen molar-refractivity contribution in [1.82, 2.24) is 31.0 Å². The molecule has 0 fully saturated rings. The number of nitrogens with one attached hydrogen (secondary N) is 2. The van der Waals surface area contributed by atoms with E-state index in [1.165, 1.54) is 22.7 Å². The maximum absolute atomic E-state index is 12.5. The molecule has 0 saturated heterocycles. The number of rotatable bonds is 13. The minimum atomic E-state index is -0.309. The fraction of sp³-hybridized carbons (Fsp3) is 0.308. The molecule has 2 aromatic heterocycles. The summed E-state index contributed by atoms with van der Waals surface area (Å²) in [7, 11) is 3.14. The normalized spacial score (nSPS) is 10.8. The van der Waals surface area contributed by atoms with Crippen LogP contribution in [-0.4, -0.2) is 46.4 Å². The van der Waals surface area contributed by atoms with Gasteiger partial charge in [0.05, 0.1) is 14.2 Å². The molecule has 10 nitrogen and oxygen atoms in total. The number of carbonyl (C=O) groups excluding carboxylic acids is 2. The van der Waals surface area contributed by atoms with Gasteiger partial charge >= 0.3 is 0 Å². The van der Waals surface area contributed by atoms with Crippen LogP contribution < -0.4 is 20.1 Å². The molecule has 40 heavy (non-hydrogen) atoms. The zero-order valence-corrected chi connectivity index (χ0v) is 24.8. The van der Waals surface area contributed by atoms with Gasteiger partial charge in [-0.3, -0.25) is 9.59 Å². The number of hydrogen-bond donors (Lipinski definition) is 2. The van der Waals surface area contributed by atoms with Gasteiger partial charge in [0.25, 0.3) is 11.8 Å². The molecule has 0 atom stereocenters. The molecule has 14 heteroatoms. The van der Waals surface area contributed by atoms with Crippen molar-refractivity contribution >= 4 is 57.7 Å². The minimum Gasteiger partial charge on any atom is -0.497 e. The van der Waals surface area contributed by atoms with E-state index in [-0.39, 0.29) is 24.9 Å². The third kappa shape index (κ3) is 8.10. The van der Waals surface area contributed by atoms with Crippen LogP contribution in [0.25, 0.3) is 0 Å². The Morgan fingerprint density at radius 3 is 1.55 bits per heavy atom. The fourth-order valence-electron chi connectivity index (χ4n) is 3.57. The van der Waals surface area contributed by atoms with E-state index >= 15 is 0 Å². The van der Waals surface area contributed by atoms with E-state index in [0.717, 1.165) is 34.0 Å². The van der Waals surface area contributed by atoms with Gasteiger partial charge in [0.15, 0.2) is 0 Å². The van der Waals surface area contributed by atoms with Crippen LogP contribution in [0.1, 0.15) is 53.6 Å². The minimum absolute atomic E-state index is 0.250. The zero-order chi connectivity index (χ0) is 28.5. The Labute approximate surface area is 249 Å². The van der Waals surface area contributed by atoms with Crippen LogP contribution in [0.15, 0.2) is 36.4 Å². The van der Waals surface area contributed by atoms with Crippen molar-refractivity contribution < 1.29 is 19.1 Å². The lowest BCUT2D eigenvalue weighted by atomic mass is 10.2. The maximum atomic E-state index is 12.5. The third-order valence-electron chi connectivity index (χ3n) is 5.74. The van der Waals surface area contributed by atoms with Crippen molar-refractivity contribution in [2.45, 2.75) is 38.8 Å². The molecule has 210 valence electrons. The number of carbonyl (C=O) groups is 2. The van der Waals surface area contributed by atoms with Gasteiger partial charge in [0, 0.05) is 36.0 Å². The summed E-state index contributed by atoms with van der Waals surface area (Å²) in [4.78, 5) is 25.0. The lowest BCUT2D eigenvalue weighted by Gasteiger charge is -2.07. The van der Waals surface area contributed by atoms with Gasteiger partial charge in [-0.05, 0) is 60.4 Å². The van der Waals surface area contributed by atoms with Gasteiger partial charge in [0.1, 0.15) is 21.5 Å². The van der Waals surface area contributed by atoms with E-state index in [4.69, 9.17) is 32.7 Å². The topological polar surface area (TPSA) is 128 Å². The van der Waals surface area contributed by atoms with Gasteiger partial charge in [-0.15, -0.1) is 20.4 Å². The SMILES string of the molecule is COc1ccc(Cl)c(CNC(=O)c2nnc(CCCCc3nnc(C(=O)NCc4cc(OC)ccc4Cl)s3)s2)c1. The summed E-state index contributed by atoms with van der Waals surface area (Å²) in [6, 6.07) is 10.5. The molecule has 2 amide bonds. The number of methoxy groups -OCH3 is 2. The van der Waals surface area contributed by atoms with Crippen molar-refractivity contribution in [3.63, 3.8) is 0 Å². The summed E-state index contributed by atoms with van der Waals surface area (Å²) in [5.41, 5.74) is 1.50. The van der Waals surface area contributed by atoms with Crippen molar-refractivity contribution in [3.05, 3.63) is 77.6 Å². The van der Waals surface area contributed by atoms with Crippen molar-refractivity contribution in [2.24, 2.45) is 0 Å². The summed E-state index contributed by atoms with van der Waals surface area (Å²) in [5, 5.41) is 25.2. The molecule has 0 aliphatic heterocycles. The number of nitrogens with zero attached hydrogens (tertiary/aromatic N) is 4. The van der Waals surface area contributed by atoms with Crippen LogP contribution >= 0.6 is 45.9 Å². The van der Waals surface area contributed by atoms with Gasteiger partial charge in [-0.25, -0.2) is 0 Å². The predicted molar refractivity (Wildman–Crippen MR) is 155 cm³/mol. The molecule has 0 aliphatic rings. The summed E-state index contributed by atoms with van der Waals surface area (Å²) >= 11 is 14.9. The smallest absolute Gasteiger partial charge is 0.282 e. The quantitative estimate of drug-likeness (QED) is 0.197. The number of ether oxygens (including phenoxy) is 2. The van der Waals surface area contributed by atoms with E-state index in [1.54, 1.807) is 50.6 Å². The highest BCUT2D eigenvalue weighted by molar-refractivity contribution is 7.13. The second-order valence-electron chi connectivity index (χ2n) is 8.49. The molecule has 0 radical (unpaired) electrons. The molecule has 2 N–H and O–H groups in total. The summed E-state index contributed by atoms with van der Waals surface area (Å²) in [6.07, 6.45) is 3.01. The first-order valence-electron chi connectivity index (χ1n) is 12.2. The molecule has 0 bridgehead atoms. The van der Waals surface area contributed by atoms with Gasteiger partial charge in [-0.2, -0.15) is 0 Å². The summed E-state index contributed by atoms with van der Waals surface area (Å²) in [5.74, 6) is 0.705. The van der Waals surface area contributed by atoms with E-state index in [2.05, 4.69) is 31.0 Å². The highest BCUT2D eigenvalue weighted by atomic mass is 35.5. The molecule has 2 aromatic carbocycles. The third-order valence-corrected chi connectivity index (χ3v) is 8.44. The average Bonchev–Trinajstić information content (AvgIpc) is 3.64. The monoisotopic (exact) mass is 620 g/mol. The molecular weight excluding hydrogens is 595 g/mol. The van der Waals surface area contributed by atoms with E-state index in [9.17, 15) is 9.59 Å². The molecule has 0 aliphatic carbocycles. The molecular formula is C26H26Cl2N6O4S2. The van der Waals surface area contributed by atoms with E-state index < -0.39 is 0 Å². The summed E-state index contributed by atoms with van der Waals surface area (Å²) in [6.45, 7) is 0.501. The zero-order valence-electron chi connectivity index (χ0n) is 21.7. The Morgan fingerprint density at radius 2 is 1.15 bits per heavy atom. The number of halogens is 2. The lowest BCUT2D eigenvalue weighted by molar-refractivity contribution is 0.0941. The number of amides is 2. The molecule has 0 saturated carbocycles. The highest BCUT2D eigenvalue weighted by Crippen LogP contribution is 2.23. The fourth-order valence-corrected chi connectivity index (χ4v) is 5.54. The van der Waals surface area contributed by atoms with E-state index in [1.807, 2.05) is 0 Å². The van der Waals surface area contributed by atoms with Crippen LogP contribution in [0, 0.1) is 0 Å². The Balaban J connectivity index is 1.19. The van der Waals surface area contributed by atoms with Gasteiger partial charge in [-0.1, -0.05) is 45.9 Å². The number of hydrogen-bond acceptors (Lipinski definition) is 10. The van der Waals surface area contributed by atoms with Crippen molar-refractivity contribution in [1.29, 1.82) is 0 Å². The second kappa shape index (κ2) is 14.4. The first kappa shape index (κ1) is 29.7. The largest absolute Gasteiger partial charge is 0.497 e. The molecule has 2 heterocycles. The Bertz CT molecular complexity index is 1370. The number of unbranched alkanes of at least 4 members (excludes halogenated alkanes) is 1. The first-order chi connectivity index (χ1) is 19.4. The molecule has 4 aromatic rings. The van der Waals surface area contributed by atoms with Gasteiger partial charge < -0.3 is 20.1 Å². The Kier molecular flexibility index (Phi) is 10.6. The molecule has 0 unspecified atom stereocenters. The number of aromatic nitrogens is 4. The van der Waals surface area contributed by atoms with Crippen LogP contribution in [0.3, 0.4) is 0 Å². The van der Waals surface area contributed by atoms with Crippen LogP contribution in [0.2, 0.25) is 10.0 Å². The highest BCUT2D eigenvalue weighted by Gasteiger charge is 2.15. The first-order valence-corrected chi connectivity index (χ1v) is 14.6. The van der Waals surface area contributed by atoms with Crippen molar-refractivity contribution in [2.75, 3.05) is 14.2 Å². The van der Waals surface area contributed by atoms with Gasteiger partial charge in [0.2, 0.25) is 10.0 Å². The maximum Gasteiger partial charge on any atom is 0.282 e. The Hall–Kier alpha value is -3.32. The standard InChI is InChI=1S/C26H26Cl2N6O4S2/c1-37-17-7-9-19(27)15(11-17)13-29-23(35)25-33-31-21(39-25)5-3-4-6-22-32-34-26(40-22)24(36)30-14-16-12-18(38-2)8-10-20(16)28/h7-12H,3-6,13-14H2,1-2H3,(H,29,35)(H,30,36). The second-order valence-corrected chi connectivity index (χ2v) is 11.4. The van der Waals surface area contributed by atoms with Crippen LogP contribution in [-0.2, 0) is 25.9 Å². The van der Waals surface area contributed by atoms with Crippen LogP contribution in [0.4, 0.5) is 0 Å². The van der Waals surface area contributed by atoms with Crippen molar-refractivity contribution in [3.8, 4) is 11.5 Å². The number of benzene rings is 2. The Morgan fingerprint density at radius 1 is 0.725 bits per heavy atom. The number of aryl methyl sites for hydroxylation is 2. The van der Waals surface area contributed by atoms with E-state index in [0.29, 0.717) is 44.4 Å². The van der Waals surface area contributed by atoms with Crippen LogP contribution in [0.5, 0.6) is 11.5 Å². The summed E-state index contributed by atoms with van der Waals surface area (Å²) < 4.78 is 10.4. The lowest BCUT2D eigenvalue weighted by Crippen LogP contribution is -2.22. The molecule has 0 spiro atoms.